The summed E-state index contributed by atoms with van der Waals surface area (Å²) in [4.78, 5) is 20.8. The number of hydrogen-bond acceptors (Lipinski definition) is 6. The maximum Gasteiger partial charge on any atom is 0.338 e. The van der Waals surface area contributed by atoms with Gasteiger partial charge in [-0.2, -0.15) is 0 Å². The monoisotopic (exact) mass is 330 g/mol. The molecular weight excluding hydrogens is 308 g/mol. The summed E-state index contributed by atoms with van der Waals surface area (Å²) in [5, 5.41) is 0. The number of esters is 1. The summed E-state index contributed by atoms with van der Waals surface area (Å²) in [6, 6.07) is 4.94. The zero-order valence-electron chi connectivity index (χ0n) is 14.7. The normalized spacial score (nSPS) is 10.4. The molecule has 0 saturated heterocycles. The molecule has 24 heavy (non-hydrogen) atoms. The van der Waals surface area contributed by atoms with Crippen molar-refractivity contribution in [1.29, 1.82) is 0 Å². The minimum Gasteiger partial charge on any atom is -0.493 e. The van der Waals surface area contributed by atoms with Crippen molar-refractivity contribution in [3.63, 3.8) is 0 Å². The van der Waals surface area contributed by atoms with E-state index in [2.05, 4.69) is 9.97 Å². The summed E-state index contributed by atoms with van der Waals surface area (Å²) in [5.41, 5.74) is 3.75. The second-order valence-electron chi connectivity index (χ2n) is 5.30. The second kappa shape index (κ2) is 7.77. The molecule has 0 aliphatic rings. The SMILES string of the molecule is CCOC(=O)c1ccc(OC)c(OCc2nc(C)c(C)nc2C)c1. The molecule has 0 amide bonds. The van der Waals surface area contributed by atoms with Crippen LogP contribution >= 0.6 is 0 Å². The van der Waals surface area contributed by atoms with Crippen molar-refractivity contribution in [1.82, 2.24) is 9.97 Å². The van der Waals surface area contributed by atoms with Crippen LogP contribution in [0, 0.1) is 20.8 Å². The Morgan fingerprint density at radius 1 is 1.04 bits per heavy atom. The maximum atomic E-state index is 11.9. The average molecular weight is 330 g/mol. The van der Waals surface area contributed by atoms with Crippen LogP contribution in [0.2, 0.25) is 0 Å². The van der Waals surface area contributed by atoms with E-state index in [0.717, 1.165) is 22.8 Å². The van der Waals surface area contributed by atoms with Gasteiger partial charge in [0.15, 0.2) is 11.5 Å². The van der Waals surface area contributed by atoms with Gasteiger partial charge in [0, 0.05) is 0 Å². The summed E-state index contributed by atoms with van der Waals surface area (Å²) in [6.45, 7) is 8.05. The van der Waals surface area contributed by atoms with Crippen molar-refractivity contribution >= 4 is 5.97 Å². The van der Waals surface area contributed by atoms with Gasteiger partial charge in [0.25, 0.3) is 0 Å². The highest BCUT2D eigenvalue weighted by atomic mass is 16.5. The molecule has 6 nitrogen and oxygen atoms in total. The summed E-state index contributed by atoms with van der Waals surface area (Å²) >= 11 is 0. The van der Waals surface area contributed by atoms with Crippen molar-refractivity contribution in [3.8, 4) is 11.5 Å². The fourth-order valence-electron chi connectivity index (χ4n) is 2.17. The molecule has 1 aromatic heterocycles. The molecule has 0 fully saturated rings. The first-order valence-corrected chi connectivity index (χ1v) is 7.75. The van der Waals surface area contributed by atoms with E-state index in [4.69, 9.17) is 14.2 Å². The van der Waals surface area contributed by atoms with Crippen LogP contribution in [-0.2, 0) is 11.3 Å². The molecule has 2 aromatic rings. The minimum atomic E-state index is -0.396. The van der Waals surface area contributed by atoms with Crippen molar-refractivity contribution in [2.45, 2.75) is 34.3 Å². The molecule has 6 heteroatoms. The fourth-order valence-corrected chi connectivity index (χ4v) is 2.17. The third-order valence-corrected chi connectivity index (χ3v) is 3.62. The molecular formula is C18H22N2O4. The molecule has 128 valence electrons. The van der Waals surface area contributed by atoms with Crippen LogP contribution in [0.4, 0.5) is 0 Å². The molecule has 0 bridgehead atoms. The Morgan fingerprint density at radius 2 is 1.75 bits per heavy atom. The number of rotatable bonds is 6. The Kier molecular flexibility index (Phi) is 5.73. The lowest BCUT2D eigenvalue weighted by Gasteiger charge is -2.13. The Bertz CT molecular complexity index is 744. The first-order valence-electron chi connectivity index (χ1n) is 7.75. The Labute approximate surface area is 141 Å². The van der Waals surface area contributed by atoms with Crippen molar-refractivity contribution in [3.05, 3.63) is 46.5 Å². The largest absolute Gasteiger partial charge is 0.493 e. The van der Waals surface area contributed by atoms with Crippen LogP contribution < -0.4 is 9.47 Å². The summed E-state index contributed by atoms with van der Waals surface area (Å²) in [6.07, 6.45) is 0. The van der Waals surface area contributed by atoms with Gasteiger partial charge < -0.3 is 14.2 Å². The number of benzene rings is 1. The number of carbonyl (C=O) groups is 1. The Balaban J connectivity index is 2.23. The Morgan fingerprint density at radius 3 is 2.42 bits per heavy atom. The average Bonchev–Trinajstić information content (AvgIpc) is 2.57. The van der Waals surface area contributed by atoms with E-state index in [1.165, 1.54) is 0 Å². The summed E-state index contributed by atoms with van der Waals surface area (Å²) in [7, 11) is 1.55. The van der Waals surface area contributed by atoms with Gasteiger partial charge in [-0.05, 0) is 45.9 Å². The minimum absolute atomic E-state index is 0.239. The van der Waals surface area contributed by atoms with Crippen molar-refractivity contribution in [2.24, 2.45) is 0 Å². The molecule has 0 N–H and O–H groups in total. The van der Waals surface area contributed by atoms with E-state index in [-0.39, 0.29) is 6.61 Å². The number of nitrogens with zero attached hydrogens (tertiary/aromatic N) is 2. The topological polar surface area (TPSA) is 70.5 Å². The molecule has 1 aromatic carbocycles. The molecule has 0 radical (unpaired) electrons. The lowest BCUT2D eigenvalue weighted by Crippen LogP contribution is -2.08. The number of carbonyl (C=O) groups excluding carboxylic acids is 1. The third kappa shape index (κ3) is 4.01. The molecule has 0 spiro atoms. The first-order chi connectivity index (χ1) is 11.5. The number of hydrogen-bond donors (Lipinski definition) is 0. The van der Waals surface area contributed by atoms with Gasteiger partial charge >= 0.3 is 5.97 Å². The van der Waals surface area contributed by atoms with E-state index in [1.807, 2.05) is 20.8 Å². The van der Waals surface area contributed by atoms with Gasteiger partial charge in [-0.15, -0.1) is 0 Å². The highest BCUT2D eigenvalue weighted by Crippen LogP contribution is 2.29. The standard InChI is InChI=1S/C18H22N2O4/c1-6-23-18(21)14-7-8-16(22-5)17(9-14)24-10-15-13(4)19-11(2)12(3)20-15/h7-9H,6,10H2,1-5H3. The Hall–Kier alpha value is -2.63. The van der Waals surface area contributed by atoms with E-state index >= 15 is 0 Å². The lowest BCUT2D eigenvalue weighted by atomic mass is 10.2. The van der Waals surface area contributed by atoms with E-state index < -0.39 is 5.97 Å². The molecule has 1 heterocycles. The molecule has 0 aliphatic heterocycles. The molecule has 0 aliphatic carbocycles. The molecule has 0 saturated carbocycles. The summed E-state index contributed by atoms with van der Waals surface area (Å²) < 4.78 is 16.1. The van der Waals surface area contributed by atoms with Crippen LogP contribution in [0.1, 0.15) is 40.1 Å². The highest BCUT2D eigenvalue weighted by molar-refractivity contribution is 5.90. The third-order valence-electron chi connectivity index (χ3n) is 3.62. The van der Waals surface area contributed by atoms with Crippen LogP contribution in [0.15, 0.2) is 18.2 Å². The predicted molar refractivity (Wildman–Crippen MR) is 89.5 cm³/mol. The van der Waals surface area contributed by atoms with Gasteiger partial charge in [0.1, 0.15) is 6.61 Å². The maximum absolute atomic E-state index is 11.9. The first kappa shape index (κ1) is 17.7. The second-order valence-corrected chi connectivity index (χ2v) is 5.30. The predicted octanol–water partition coefficient (Wildman–Crippen LogP) is 3.17. The van der Waals surface area contributed by atoms with Crippen LogP contribution in [0.3, 0.4) is 0 Å². The quantitative estimate of drug-likeness (QED) is 0.758. The van der Waals surface area contributed by atoms with Gasteiger partial charge in [0.05, 0.1) is 42.1 Å². The van der Waals surface area contributed by atoms with Gasteiger partial charge in [-0.25, -0.2) is 4.79 Å². The van der Waals surface area contributed by atoms with Crippen LogP contribution in [0.5, 0.6) is 11.5 Å². The van der Waals surface area contributed by atoms with E-state index in [9.17, 15) is 4.79 Å². The lowest BCUT2D eigenvalue weighted by molar-refractivity contribution is 0.0525. The fraction of sp³-hybridized carbons (Fsp3) is 0.389. The number of aromatic nitrogens is 2. The molecule has 0 unspecified atom stereocenters. The number of ether oxygens (including phenoxy) is 3. The summed E-state index contributed by atoms with van der Waals surface area (Å²) in [5.74, 6) is 0.604. The van der Waals surface area contributed by atoms with Gasteiger partial charge in [0.2, 0.25) is 0 Å². The van der Waals surface area contributed by atoms with E-state index in [0.29, 0.717) is 23.7 Å². The van der Waals surface area contributed by atoms with Gasteiger partial charge in [-0.1, -0.05) is 0 Å². The molecule has 2 rings (SSSR count). The van der Waals surface area contributed by atoms with E-state index in [1.54, 1.807) is 32.2 Å². The number of aryl methyl sites for hydroxylation is 3. The van der Waals surface area contributed by atoms with Gasteiger partial charge in [-0.3, -0.25) is 9.97 Å². The molecule has 0 atom stereocenters. The zero-order valence-corrected chi connectivity index (χ0v) is 14.7. The number of methoxy groups -OCH3 is 1. The van der Waals surface area contributed by atoms with Crippen molar-refractivity contribution < 1.29 is 19.0 Å². The smallest absolute Gasteiger partial charge is 0.338 e. The van der Waals surface area contributed by atoms with Crippen LogP contribution in [0.25, 0.3) is 0 Å². The van der Waals surface area contributed by atoms with Crippen molar-refractivity contribution in [2.75, 3.05) is 13.7 Å². The highest BCUT2D eigenvalue weighted by Gasteiger charge is 2.13. The van der Waals surface area contributed by atoms with Crippen LogP contribution in [-0.4, -0.2) is 29.7 Å². The zero-order chi connectivity index (χ0) is 17.7.